The van der Waals surface area contributed by atoms with Crippen LogP contribution in [0.15, 0.2) is 48.5 Å². The number of hydrogen-bond acceptors (Lipinski definition) is 2. The molecule has 2 aromatic carbocycles. The number of benzene rings is 2. The highest BCUT2D eigenvalue weighted by Crippen LogP contribution is 2.21. The van der Waals surface area contributed by atoms with E-state index in [-0.39, 0.29) is 5.97 Å². The minimum absolute atomic E-state index is 0.372. The van der Waals surface area contributed by atoms with Crippen molar-refractivity contribution in [3.63, 3.8) is 0 Å². The summed E-state index contributed by atoms with van der Waals surface area (Å²) in [5.41, 5.74) is 2.65. The maximum Gasteiger partial charge on any atom is 0.337 e. The molecule has 0 amide bonds. The number of rotatable bonds is 3. The van der Waals surface area contributed by atoms with E-state index in [0.29, 0.717) is 10.6 Å². The third-order valence-electron chi connectivity index (χ3n) is 2.71. The van der Waals surface area contributed by atoms with Gasteiger partial charge in [-0.3, -0.25) is 0 Å². The molecule has 2 aromatic rings. The molecule has 0 aliphatic rings. The smallest absolute Gasteiger partial charge is 0.337 e. The molecule has 0 aliphatic heterocycles. The molecule has 2 nitrogen and oxygen atoms in total. The summed E-state index contributed by atoms with van der Waals surface area (Å²) in [5, 5.41) is 0.585. The van der Waals surface area contributed by atoms with Gasteiger partial charge in [0.2, 0.25) is 0 Å². The highest BCUT2D eigenvalue weighted by molar-refractivity contribution is 6.31. The Hall–Kier alpha value is -1.80. The summed E-state index contributed by atoms with van der Waals surface area (Å²) in [7, 11) is 1.36. The Morgan fingerprint density at radius 2 is 1.89 bits per heavy atom. The molecule has 0 heterocycles. The van der Waals surface area contributed by atoms with Crippen molar-refractivity contribution in [2.24, 2.45) is 0 Å². The summed E-state index contributed by atoms with van der Waals surface area (Å²) in [5.74, 6) is -0.372. The minimum Gasteiger partial charge on any atom is -0.465 e. The van der Waals surface area contributed by atoms with Gasteiger partial charge in [0.05, 0.1) is 12.7 Å². The molecule has 92 valence electrons. The minimum atomic E-state index is -0.372. The third-order valence-corrected chi connectivity index (χ3v) is 3.06. The van der Waals surface area contributed by atoms with E-state index in [1.165, 1.54) is 12.7 Å². The summed E-state index contributed by atoms with van der Waals surface area (Å²) < 4.78 is 4.65. The van der Waals surface area contributed by atoms with E-state index in [9.17, 15) is 4.79 Å². The van der Waals surface area contributed by atoms with E-state index in [2.05, 4.69) is 4.74 Å². The number of carbonyl (C=O) groups excluding carboxylic acids is 1. The molecular formula is C15H13ClO2. The van der Waals surface area contributed by atoms with Crippen LogP contribution in [0.2, 0.25) is 5.02 Å². The van der Waals surface area contributed by atoms with Crippen LogP contribution < -0.4 is 0 Å². The van der Waals surface area contributed by atoms with Crippen LogP contribution in [0.3, 0.4) is 0 Å². The summed E-state index contributed by atoms with van der Waals surface area (Å²) in [6.45, 7) is 0. The molecule has 3 heteroatoms. The molecule has 2 rings (SSSR count). The zero-order valence-electron chi connectivity index (χ0n) is 10.0. The van der Waals surface area contributed by atoms with Crippen molar-refractivity contribution < 1.29 is 9.53 Å². The second-order valence-corrected chi connectivity index (χ2v) is 4.37. The topological polar surface area (TPSA) is 26.3 Å². The van der Waals surface area contributed by atoms with Crippen LogP contribution in [0.25, 0.3) is 0 Å². The Kier molecular flexibility index (Phi) is 4.00. The van der Waals surface area contributed by atoms with Crippen LogP contribution in [0.5, 0.6) is 0 Å². The Morgan fingerprint density at radius 3 is 2.50 bits per heavy atom. The maximum atomic E-state index is 11.4. The van der Waals surface area contributed by atoms with Gasteiger partial charge in [0.15, 0.2) is 0 Å². The zero-order chi connectivity index (χ0) is 13.0. The van der Waals surface area contributed by atoms with Crippen LogP contribution in [0, 0.1) is 0 Å². The zero-order valence-corrected chi connectivity index (χ0v) is 10.8. The van der Waals surface area contributed by atoms with E-state index < -0.39 is 0 Å². The Bertz CT molecular complexity index is 550. The molecule has 0 radical (unpaired) electrons. The van der Waals surface area contributed by atoms with Gasteiger partial charge in [-0.2, -0.15) is 0 Å². The van der Waals surface area contributed by atoms with Crippen molar-refractivity contribution in [1.29, 1.82) is 0 Å². The lowest BCUT2D eigenvalue weighted by molar-refractivity contribution is 0.0600. The van der Waals surface area contributed by atoms with Crippen LogP contribution in [-0.2, 0) is 11.2 Å². The molecule has 0 aliphatic carbocycles. The fourth-order valence-corrected chi connectivity index (χ4v) is 2.00. The molecule has 0 N–H and O–H groups in total. The van der Waals surface area contributed by atoms with Gasteiger partial charge in [-0.15, -0.1) is 0 Å². The van der Waals surface area contributed by atoms with Crippen LogP contribution in [0.4, 0.5) is 0 Å². The van der Waals surface area contributed by atoms with Gasteiger partial charge in [-0.1, -0.05) is 48.0 Å². The van der Waals surface area contributed by atoms with Crippen LogP contribution in [0.1, 0.15) is 21.5 Å². The highest BCUT2D eigenvalue weighted by Gasteiger charge is 2.08. The molecule has 0 aromatic heterocycles. The molecule has 0 bridgehead atoms. The van der Waals surface area contributed by atoms with Crippen LogP contribution >= 0.6 is 11.6 Å². The van der Waals surface area contributed by atoms with Gasteiger partial charge in [0, 0.05) is 5.02 Å². The van der Waals surface area contributed by atoms with E-state index in [1.54, 1.807) is 12.1 Å². The van der Waals surface area contributed by atoms with Gasteiger partial charge in [0.25, 0.3) is 0 Å². The standard InChI is InChI=1S/C15H13ClO2/c1-18-15(17)13-8-7-12(14(16)10-13)9-11-5-3-2-4-6-11/h2-8,10H,9H2,1H3. The lowest BCUT2D eigenvalue weighted by atomic mass is 10.0. The highest BCUT2D eigenvalue weighted by atomic mass is 35.5. The molecule has 0 unspecified atom stereocenters. The van der Waals surface area contributed by atoms with Gasteiger partial charge < -0.3 is 4.74 Å². The number of methoxy groups -OCH3 is 1. The van der Waals surface area contributed by atoms with Crippen molar-refractivity contribution in [2.75, 3.05) is 7.11 Å². The predicted octanol–water partition coefficient (Wildman–Crippen LogP) is 3.72. The van der Waals surface area contributed by atoms with Gasteiger partial charge >= 0.3 is 5.97 Å². The summed E-state index contributed by atoms with van der Waals surface area (Å²) in [6.07, 6.45) is 0.751. The normalized spacial score (nSPS) is 10.1. The largest absolute Gasteiger partial charge is 0.465 e. The Labute approximate surface area is 111 Å². The molecule has 0 saturated carbocycles. The monoisotopic (exact) mass is 260 g/mol. The SMILES string of the molecule is COC(=O)c1ccc(Cc2ccccc2)c(Cl)c1. The van der Waals surface area contributed by atoms with Gasteiger partial charge in [-0.05, 0) is 29.7 Å². The molecular weight excluding hydrogens is 248 g/mol. The first-order valence-electron chi connectivity index (χ1n) is 5.61. The first kappa shape index (κ1) is 12.7. The quantitative estimate of drug-likeness (QED) is 0.787. The average Bonchev–Trinajstić information content (AvgIpc) is 2.41. The maximum absolute atomic E-state index is 11.4. The summed E-state index contributed by atoms with van der Waals surface area (Å²) in [4.78, 5) is 11.4. The molecule has 0 atom stereocenters. The first-order valence-corrected chi connectivity index (χ1v) is 5.99. The van der Waals surface area contributed by atoms with Crippen LogP contribution in [-0.4, -0.2) is 13.1 Å². The predicted molar refractivity (Wildman–Crippen MR) is 72.0 cm³/mol. The van der Waals surface area contributed by atoms with E-state index in [4.69, 9.17) is 11.6 Å². The van der Waals surface area contributed by atoms with Crippen molar-refractivity contribution in [3.8, 4) is 0 Å². The van der Waals surface area contributed by atoms with Crippen molar-refractivity contribution >= 4 is 17.6 Å². The number of esters is 1. The van der Waals surface area contributed by atoms with Gasteiger partial charge in [0.1, 0.15) is 0 Å². The number of carbonyl (C=O) groups is 1. The molecule has 18 heavy (non-hydrogen) atoms. The number of ether oxygens (including phenoxy) is 1. The Balaban J connectivity index is 2.23. The van der Waals surface area contributed by atoms with Gasteiger partial charge in [-0.25, -0.2) is 4.79 Å². The van der Waals surface area contributed by atoms with Crippen molar-refractivity contribution in [1.82, 2.24) is 0 Å². The molecule has 0 saturated heterocycles. The fraction of sp³-hybridized carbons (Fsp3) is 0.133. The summed E-state index contributed by atoms with van der Waals surface area (Å²) >= 11 is 6.17. The van der Waals surface area contributed by atoms with Crippen molar-refractivity contribution in [3.05, 3.63) is 70.2 Å². The number of halogens is 1. The second kappa shape index (κ2) is 5.69. The van der Waals surface area contributed by atoms with Crippen molar-refractivity contribution in [2.45, 2.75) is 6.42 Å². The average molecular weight is 261 g/mol. The third kappa shape index (κ3) is 2.90. The fourth-order valence-electron chi connectivity index (χ4n) is 1.75. The second-order valence-electron chi connectivity index (χ2n) is 3.96. The number of hydrogen-bond donors (Lipinski definition) is 0. The lowest BCUT2D eigenvalue weighted by Crippen LogP contribution is -2.01. The van der Waals surface area contributed by atoms with E-state index >= 15 is 0 Å². The summed E-state index contributed by atoms with van der Waals surface area (Å²) in [6, 6.07) is 15.3. The first-order chi connectivity index (χ1) is 8.70. The molecule has 0 fully saturated rings. The Morgan fingerprint density at radius 1 is 1.17 bits per heavy atom. The van der Waals surface area contributed by atoms with E-state index in [0.717, 1.165) is 12.0 Å². The van der Waals surface area contributed by atoms with E-state index in [1.807, 2.05) is 36.4 Å². The lowest BCUT2D eigenvalue weighted by Gasteiger charge is -2.06. The molecule has 0 spiro atoms.